The second kappa shape index (κ2) is 19.3. The Morgan fingerprint density at radius 1 is 0.942 bits per heavy atom. The zero-order chi connectivity index (χ0) is 39.0. The van der Waals surface area contributed by atoms with Crippen LogP contribution in [-0.2, 0) is 0 Å². The molecule has 0 bridgehead atoms. The summed E-state index contributed by atoms with van der Waals surface area (Å²) in [6, 6.07) is 5.44. The Hall–Kier alpha value is -0.870. The van der Waals surface area contributed by atoms with Gasteiger partial charge in [0.25, 0.3) is 0 Å². The minimum Gasteiger partial charge on any atom is -0.351 e. The molecule has 0 heterocycles. The molecule has 4 aliphatic rings. The SMILES string of the molecule is CC(C)C(C)(C)S(C)(C)O.CC12CCC3c4ccc(N=O)cc4C(F)CC3C1CCC21CC1.CCCCCCCCCSCCCC(F)C(F)(F)F. The number of nitrogens with zero attached hydrogens (tertiary/aromatic N) is 1. The summed E-state index contributed by atoms with van der Waals surface area (Å²) in [5.74, 6) is 3.83. The topological polar surface area (TPSA) is 49.7 Å². The highest BCUT2D eigenvalue weighted by Gasteiger charge is 2.66. The van der Waals surface area contributed by atoms with Crippen molar-refractivity contribution in [2.75, 3.05) is 24.0 Å². The van der Waals surface area contributed by atoms with Gasteiger partial charge in [-0.25, -0.2) is 8.78 Å². The summed E-state index contributed by atoms with van der Waals surface area (Å²) in [5.41, 5.74) is 3.34. The third-order valence-electron chi connectivity index (χ3n) is 13.9. The van der Waals surface area contributed by atoms with Gasteiger partial charge in [0.15, 0.2) is 6.17 Å². The average Bonchev–Trinajstić information content (AvgIpc) is 3.82. The Morgan fingerprint density at radius 3 is 2.10 bits per heavy atom. The lowest BCUT2D eigenvalue weighted by molar-refractivity contribution is -0.181. The van der Waals surface area contributed by atoms with Crippen LogP contribution in [0.3, 0.4) is 0 Å². The maximum atomic E-state index is 14.9. The minimum absolute atomic E-state index is 0.0764. The van der Waals surface area contributed by atoms with Crippen molar-refractivity contribution in [3.05, 3.63) is 34.2 Å². The first-order valence-corrected chi connectivity index (χ1v) is 23.7. The van der Waals surface area contributed by atoms with Crippen LogP contribution in [-0.4, -0.2) is 45.7 Å². The molecule has 1 N–H and O–H groups in total. The molecule has 6 unspecified atom stereocenters. The lowest BCUT2D eigenvalue weighted by Crippen LogP contribution is -2.43. The molecule has 1 aromatic carbocycles. The highest BCUT2D eigenvalue weighted by molar-refractivity contribution is 8.29. The molecule has 6 atom stereocenters. The fourth-order valence-corrected chi connectivity index (χ4v) is 11.3. The molecule has 3 fully saturated rings. The van der Waals surface area contributed by atoms with Gasteiger partial charge in [0, 0.05) is 4.75 Å². The lowest BCUT2D eigenvalue weighted by atomic mass is 9.53. The summed E-state index contributed by atoms with van der Waals surface area (Å²) in [7, 11) is -1.40. The fraction of sp³-hybridized carbons (Fsp3) is 0.857. The van der Waals surface area contributed by atoms with E-state index in [0.717, 1.165) is 17.7 Å². The van der Waals surface area contributed by atoms with Crippen LogP contribution in [0.25, 0.3) is 0 Å². The van der Waals surface area contributed by atoms with Gasteiger partial charge >= 0.3 is 6.18 Å². The number of hydrogen-bond donors (Lipinski definition) is 1. The molecule has 3 saturated carbocycles. The van der Waals surface area contributed by atoms with Gasteiger partial charge in [0.05, 0.1) is 0 Å². The molecule has 0 saturated heterocycles. The van der Waals surface area contributed by atoms with Crippen LogP contribution in [0.1, 0.15) is 167 Å². The van der Waals surface area contributed by atoms with E-state index in [-0.39, 0.29) is 4.75 Å². The van der Waals surface area contributed by atoms with Gasteiger partial charge in [-0.1, -0.05) is 72.3 Å². The second-order valence-electron chi connectivity index (χ2n) is 17.7. The van der Waals surface area contributed by atoms with Gasteiger partial charge < -0.3 is 4.55 Å². The number of halogens is 5. The molecule has 10 heteroatoms. The van der Waals surface area contributed by atoms with E-state index in [4.69, 9.17) is 0 Å². The van der Waals surface area contributed by atoms with Crippen molar-refractivity contribution in [2.45, 2.75) is 173 Å². The number of unbranched alkanes of at least 4 members (excludes halogenated alkanes) is 6. The molecule has 1 spiro atoms. The largest absolute Gasteiger partial charge is 0.419 e. The maximum Gasteiger partial charge on any atom is 0.419 e. The van der Waals surface area contributed by atoms with Crippen molar-refractivity contribution in [1.29, 1.82) is 0 Å². The highest BCUT2D eigenvalue weighted by atomic mass is 32.3. The van der Waals surface area contributed by atoms with E-state index >= 15 is 0 Å². The van der Waals surface area contributed by atoms with Crippen molar-refractivity contribution in [3.63, 3.8) is 0 Å². The predicted octanol–water partition coefficient (Wildman–Crippen LogP) is 15.3. The predicted molar refractivity (Wildman–Crippen MR) is 215 cm³/mol. The van der Waals surface area contributed by atoms with E-state index in [0.29, 0.717) is 58.8 Å². The number of rotatable bonds is 15. The normalized spacial score (nSPS) is 27.0. The van der Waals surface area contributed by atoms with Gasteiger partial charge in [0.1, 0.15) is 11.9 Å². The minimum atomic E-state index is -4.68. The van der Waals surface area contributed by atoms with E-state index in [1.165, 1.54) is 82.6 Å². The number of hydrogen-bond acceptors (Lipinski definition) is 4. The van der Waals surface area contributed by atoms with Gasteiger partial charge in [-0.3, -0.25) is 0 Å². The van der Waals surface area contributed by atoms with E-state index in [1.807, 2.05) is 18.6 Å². The molecular formula is C42H70F5NO2S2. The summed E-state index contributed by atoms with van der Waals surface area (Å²) in [5, 5.41) is 2.99. The van der Waals surface area contributed by atoms with E-state index in [9.17, 15) is 31.4 Å². The van der Waals surface area contributed by atoms with Crippen LogP contribution in [0.15, 0.2) is 23.4 Å². The standard InChI is InChI=1S/C20H24FNO.C14H26F4S.C8H20OS/c1-19-6-4-14-13-3-2-12(22-23)10-16(13)18(21)11-15(14)17(19)5-7-20(19)8-9-20;1-2-3-4-5-6-7-8-11-19-12-9-10-13(15)14(16,17)18;1-7(2)8(3,4)10(5,6)9/h2-3,10,14-15,17-18H,4-9,11H2,1H3;13H,2-12H2,1H3;7,9H,1-6H3. The molecule has 0 aliphatic heterocycles. The van der Waals surface area contributed by atoms with Crippen LogP contribution >= 0.6 is 22.1 Å². The third-order valence-corrected chi connectivity index (χ3v) is 18.1. The molecule has 302 valence electrons. The zero-order valence-corrected chi connectivity index (χ0v) is 35.1. The Kier molecular flexibility index (Phi) is 16.9. The molecule has 1 aromatic rings. The third kappa shape index (κ3) is 11.4. The van der Waals surface area contributed by atoms with Crippen LogP contribution in [0, 0.1) is 33.5 Å². The number of benzene rings is 1. The quantitative estimate of drug-likeness (QED) is 0.110. The summed E-state index contributed by atoms with van der Waals surface area (Å²) in [6.45, 7) is 13.3. The molecule has 4 aliphatic carbocycles. The summed E-state index contributed by atoms with van der Waals surface area (Å²) in [4.78, 5) is 10.8. The molecule has 52 heavy (non-hydrogen) atoms. The summed E-state index contributed by atoms with van der Waals surface area (Å²) in [6.07, 6.45) is 12.9. The number of fused-ring (bicyclic) bond motifs is 6. The molecule has 0 radical (unpaired) electrons. The maximum absolute atomic E-state index is 14.9. The molecule has 0 amide bonds. The first-order valence-electron chi connectivity index (χ1n) is 20.1. The highest BCUT2D eigenvalue weighted by Crippen LogP contribution is 2.76. The number of alkyl halides is 5. The first kappa shape index (κ1) is 45.5. The van der Waals surface area contributed by atoms with E-state index in [2.05, 4.69) is 46.7 Å². The Labute approximate surface area is 318 Å². The molecule has 5 rings (SSSR count). The van der Waals surface area contributed by atoms with Crippen LogP contribution in [0.2, 0.25) is 0 Å². The van der Waals surface area contributed by atoms with Crippen molar-refractivity contribution in [1.82, 2.24) is 0 Å². The van der Waals surface area contributed by atoms with Crippen LogP contribution in [0.4, 0.5) is 27.6 Å². The number of nitroso groups, excluding NO2 is 1. The van der Waals surface area contributed by atoms with Gasteiger partial charge in [-0.15, -0.1) is 15.2 Å². The summed E-state index contributed by atoms with van der Waals surface area (Å²) >= 11 is 1.64. The lowest BCUT2D eigenvalue weighted by Gasteiger charge is -2.52. The van der Waals surface area contributed by atoms with E-state index < -0.39 is 35.2 Å². The second-order valence-corrected chi connectivity index (χ2v) is 22.5. The Morgan fingerprint density at radius 2 is 1.56 bits per heavy atom. The Bertz CT molecular complexity index is 1250. The summed E-state index contributed by atoms with van der Waals surface area (Å²) < 4.78 is 73.0. The first-order chi connectivity index (χ1) is 24.3. The van der Waals surface area contributed by atoms with Crippen molar-refractivity contribution < 1.29 is 26.5 Å². The zero-order valence-electron chi connectivity index (χ0n) is 33.4. The monoisotopic (exact) mass is 779 g/mol. The molecule has 3 nitrogen and oxygen atoms in total. The van der Waals surface area contributed by atoms with Crippen molar-refractivity contribution in [2.24, 2.45) is 33.8 Å². The van der Waals surface area contributed by atoms with Crippen LogP contribution < -0.4 is 0 Å². The van der Waals surface area contributed by atoms with Crippen LogP contribution in [0.5, 0.6) is 0 Å². The van der Waals surface area contributed by atoms with Crippen molar-refractivity contribution in [3.8, 4) is 0 Å². The van der Waals surface area contributed by atoms with Crippen molar-refractivity contribution >= 4 is 27.8 Å². The Balaban J connectivity index is 0.000000228. The van der Waals surface area contributed by atoms with Gasteiger partial charge in [0.2, 0.25) is 0 Å². The molecular weight excluding hydrogens is 710 g/mol. The fourth-order valence-electron chi connectivity index (χ4n) is 9.17. The molecule has 0 aromatic heterocycles. The van der Waals surface area contributed by atoms with Gasteiger partial charge in [-0.2, -0.15) is 24.9 Å². The van der Waals surface area contributed by atoms with E-state index in [1.54, 1.807) is 23.9 Å². The van der Waals surface area contributed by atoms with Gasteiger partial charge in [-0.05, 0) is 165 Å². The smallest absolute Gasteiger partial charge is 0.351 e. The average molecular weight is 780 g/mol. The number of thioether (sulfide) groups is 1.